The van der Waals surface area contributed by atoms with Gasteiger partial charge >= 0.3 is 15.0 Å². The lowest BCUT2D eigenvalue weighted by Crippen LogP contribution is -2.46. The second kappa shape index (κ2) is 11.9. The van der Waals surface area contributed by atoms with Crippen LogP contribution in [0.1, 0.15) is 37.5 Å². The van der Waals surface area contributed by atoms with Crippen molar-refractivity contribution in [2.45, 2.75) is 51.2 Å². The molecule has 188 valence electrons. The van der Waals surface area contributed by atoms with Crippen LogP contribution in [0.5, 0.6) is 0 Å². The highest BCUT2D eigenvalue weighted by Crippen LogP contribution is 2.30. The fourth-order valence-corrected chi connectivity index (χ4v) is 6.20. The molecule has 11 heteroatoms. The molecule has 0 unspecified atom stereocenters. The van der Waals surface area contributed by atoms with Gasteiger partial charge in [0.1, 0.15) is 6.10 Å². The Hall–Kier alpha value is -2.31. The van der Waals surface area contributed by atoms with E-state index in [1.165, 1.54) is 14.0 Å². The van der Waals surface area contributed by atoms with E-state index in [-0.39, 0.29) is 13.0 Å². The Morgan fingerprint density at radius 1 is 1.00 bits per heavy atom. The summed E-state index contributed by atoms with van der Waals surface area (Å²) in [5.41, 5.74) is 1.00. The molecule has 0 saturated heterocycles. The average Bonchev–Trinajstić information content (AvgIpc) is 2.81. The highest BCUT2D eigenvalue weighted by atomic mass is 33.2. The zero-order valence-electron chi connectivity index (χ0n) is 19.6. The maximum absolute atomic E-state index is 13.1. The first-order valence-corrected chi connectivity index (χ1v) is 14.5. The summed E-state index contributed by atoms with van der Waals surface area (Å²) in [6.07, 6.45) is -2.77. The Morgan fingerprint density at radius 2 is 1.53 bits per heavy atom. The second-order valence-electron chi connectivity index (χ2n) is 7.83. The van der Waals surface area contributed by atoms with Crippen molar-refractivity contribution in [3.05, 3.63) is 71.8 Å². The summed E-state index contributed by atoms with van der Waals surface area (Å²) in [4.78, 5) is 12.9. The first-order chi connectivity index (χ1) is 15.9. The highest BCUT2D eigenvalue weighted by molar-refractivity contribution is 8.66. The van der Waals surface area contributed by atoms with Gasteiger partial charge in [-0.05, 0) is 24.5 Å². The van der Waals surface area contributed by atoms with Crippen LogP contribution in [0, 0.1) is 0 Å². The number of aliphatic hydroxyl groups is 1. The molecule has 0 saturated carbocycles. The van der Waals surface area contributed by atoms with E-state index in [0.717, 1.165) is 4.31 Å². The smallest absolute Gasteiger partial charge is 0.338 e. The van der Waals surface area contributed by atoms with Crippen molar-refractivity contribution in [3.8, 4) is 0 Å². The van der Waals surface area contributed by atoms with Crippen molar-refractivity contribution in [3.63, 3.8) is 0 Å². The average molecular weight is 514 g/mol. The van der Waals surface area contributed by atoms with Crippen LogP contribution in [-0.2, 0) is 38.7 Å². The zero-order chi connectivity index (χ0) is 25.5. The molecule has 0 heterocycles. The summed E-state index contributed by atoms with van der Waals surface area (Å²) >= 11 is 0. The minimum atomic E-state index is -4.84. The van der Waals surface area contributed by atoms with Gasteiger partial charge in [0.25, 0.3) is 8.87 Å². The lowest BCUT2D eigenvalue weighted by atomic mass is 10.0. The van der Waals surface area contributed by atoms with Crippen molar-refractivity contribution in [1.82, 2.24) is 4.31 Å². The molecule has 2 aromatic carbocycles. The molecule has 0 aliphatic rings. The van der Waals surface area contributed by atoms with Crippen molar-refractivity contribution in [2.24, 2.45) is 0 Å². The number of esters is 1. The Balaban J connectivity index is 2.55. The van der Waals surface area contributed by atoms with Crippen LogP contribution < -0.4 is 0 Å². The Kier molecular flexibility index (Phi) is 9.77. The van der Waals surface area contributed by atoms with Gasteiger partial charge in [-0.25, -0.2) is 13.2 Å². The molecular weight excluding hydrogens is 482 g/mol. The fourth-order valence-electron chi connectivity index (χ4n) is 3.42. The van der Waals surface area contributed by atoms with Gasteiger partial charge in [-0.15, -0.1) is 0 Å². The van der Waals surface area contributed by atoms with E-state index in [2.05, 4.69) is 0 Å². The number of hydrogen-bond acceptors (Lipinski definition) is 8. The van der Waals surface area contributed by atoms with Gasteiger partial charge in [-0.2, -0.15) is 12.7 Å². The van der Waals surface area contributed by atoms with Crippen LogP contribution in [0.2, 0.25) is 0 Å². The molecular formula is C23H31NO8S2. The monoisotopic (exact) mass is 513 g/mol. The summed E-state index contributed by atoms with van der Waals surface area (Å²) in [6, 6.07) is 15.8. The molecule has 0 bridgehead atoms. The van der Waals surface area contributed by atoms with Gasteiger partial charge in [0.2, 0.25) is 0 Å². The SMILES string of the molecule is CC[C@@H](O)[C@H](OC)C(=O)O[C@@H](c1ccccc1)[C@@H](C)N(Cc1ccccc1)S(=O)(=O)S(C)(=O)=O. The van der Waals surface area contributed by atoms with Crippen LogP contribution >= 0.6 is 0 Å². The lowest BCUT2D eigenvalue weighted by molar-refractivity contribution is -0.171. The fraction of sp³-hybridized carbons (Fsp3) is 0.435. The van der Waals surface area contributed by atoms with Gasteiger partial charge in [-0.3, -0.25) is 0 Å². The van der Waals surface area contributed by atoms with E-state index in [1.54, 1.807) is 67.6 Å². The first kappa shape index (κ1) is 27.9. The largest absolute Gasteiger partial charge is 0.454 e. The van der Waals surface area contributed by atoms with E-state index in [0.29, 0.717) is 17.4 Å². The number of nitrogens with zero attached hydrogens (tertiary/aromatic N) is 1. The minimum Gasteiger partial charge on any atom is -0.454 e. The van der Waals surface area contributed by atoms with Crippen molar-refractivity contribution < 1.29 is 36.2 Å². The predicted molar refractivity (Wildman–Crippen MR) is 128 cm³/mol. The number of aliphatic hydroxyl groups excluding tert-OH is 1. The first-order valence-electron chi connectivity index (χ1n) is 10.7. The van der Waals surface area contributed by atoms with E-state index >= 15 is 0 Å². The molecule has 4 atom stereocenters. The van der Waals surface area contributed by atoms with Gasteiger partial charge < -0.3 is 14.6 Å². The molecule has 9 nitrogen and oxygen atoms in total. The summed E-state index contributed by atoms with van der Waals surface area (Å²) < 4.78 is 62.3. The Bertz CT molecular complexity index is 1140. The molecule has 0 radical (unpaired) electrons. The van der Waals surface area contributed by atoms with Crippen LogP contribution in [0.3, 0.4) is 0 Å². The van der Waals surface area contributed by atoms with Crippen molar-refractivity contribution in [1.29, 1.82) is 0 Å². The summed E-state index contributed by atoms with van der Waals surface area (Å²) in [7, 11) is -8.14. The van der Waals surface area contributed by atoms with Crippen LogP contribution in [-0.4, -0.2) is 63.8 Å². The van der Waals surface area contributed by atoms with Crippen molar-refractivity contribution in [2.75, 3.05) is 13.4 Å². The molecule has 0 aliphatic heterocycles. The molecule has 1 N–H and O–H groups in total. The van der Waals surface area contributed by atoms with E-state index in [1.807, 2.05) is 0 Å². The Morgan fingerprint density at radius 3 is 2.00 bits per heavy atom. The van der Waals surface area contributed by atoms with Gasteiger partial charge in [-0.1, -0.05) is 67.6 Å². The number of methoxy groups -OCH3 is 1. The number of ether oxygens (including phenoxy) is 2. The quantitative estimate of drug-likeness (QED) is 0.338. The third-order valence-corrected chi connectivity index (χ3v) is 10.0. The zero-order valence-corrected chi connectivity index (χ0v) is 21.2. The summed E-state index contributed by atoms with van der Waals surface area (Å²) in [5, 5.41) is 10.1. The molecule has 0 aliphatic carbocycles. The number of benzene rings is 2. The number of hydrogen-bond donors (Lipinski definition) is 1. The molecule has 2 rings (SSSR count). The molecule has 0 amide bonds. The highest BCUT2D eigenvalue weighted by Gasteiger charge is 2.41. The van der Waals surface area contributed by atoms with E-state index < -0.39 is 48.2 Å². The normalized spacial score (nSPS) is 15.9. The minimum absolute atomic E-state index is 0.224. The predicted octanol–water partition coefficient (Wildman–Crippen LogP) is 2.24. The van der Waals surface area contributed by atoms with E-state index in [9.17, 15) is 26.7 Å². The molecule has 0 spiro atoms. The third kappa shape index (κ3) is 6.63. The Labute approximate surface area is 200 Å². The van der Waals surface area contributed by atoms with Crippen LogP contribution in [0.4, 0.5) is 0 Å². The third-order valence-electron chi connectivity index (χ3n) is 5.37. The number of rotatable bonds is 12. The maximum Gasteiger partial charge on any atom is 0.338 e. The topological polar surface area (TPSA) is 127 Å². The van der Waals surface area contributed by atoms with Crippen LogP contribution in [0.25, 0.3) is 0 Å². The number of carbonyl (C=O) groups is 1. The second-order valence-corrected chi connectivity index (χ2v) is 13.6. The molecule has 0 fully saturated rings. The van der Waals surface area contributed by atoms with Gasteiger partial charge in [0.05, 0.1) is 18.4 Å². The van der Waals surface area contributed by atoms with Crippen LogP contribution in [0.15, 0.2) is 60.7 Å². The number of carbonyl (C=O) groups excluding carboxylic acids is 1. The molecule has 2 aromatic rings. The van der Waals surface area contributed by atoms with Gasteiger partial charge in [0.15, 0.2) is 6.10 Å². The summed E-state index contributed by atoms with van der Waals surface area (Å²) in [5.74, 6) is -0.894. The van der Waals surface area contributed by atoms with Crippen molar-refractivity contribution >= 4 is 23.9 Å². The van der Waals surface area contributed by atoms with Gasteiger partial charge in [0, 0.05) is 13.7 Å². The maximum atomic E-state index is 13.1. The standard InChI is InChI=1S/C23H31NO8S2/c1-5-20(25)22(31-3)23(26)32-21(19-14-10-7-11-15-19)17(2)24(34(29,30)33(4,27)28)16-18-12-8-6-9-13-18/h6-15,17,20-22,25H,5,16H2,1-4H3/t17-,20-,21-,22+/m1/s1. The van der Waals surface area contributed by atoms with E-state index in [4.69, 9.17) is 9.47 Å². The molecule has 34 heavy (non-hydrogen) atoms. The molecule has 0 aromatic heterocycles. The lowest BCUT2D eigenvalue weighted by Gasteiger charge is -2.34. The summed E-state index contributed by atoms with van der Waals surface area (Å²) in [6.45, 7) is 2.87.